The summed E-state index contributed by atoms with van der Waals surface area (Å²) in [5.41, 5.74) is 1.61. The fraction of sp³-hybridized carbons (Fsp3) is 0.385. The van der Waals surface area contributed by atoms with Crippen molar-refractivity contribution in [2.75, 3.05) is 6.54 Å². The molecule has 0 spiro atoms. The number of aliphatic carboxylic acids is 1. The quantitative estimate of drug-likeness (QED) is 0.825. The Morgan fingerprint density at radius 1 is 1.44 bits per heavy atom. The third-order valence-electron chi connectivity index (χ3n) is 3.15. The maximum atomic E-state index is 12.4. The zero-order valence-corrected chi connectivity index (χ0v) is 12.2. The molecule has 1 aliphatic rings. The van der Waals surface area contributed by atoms with Crippen molar-refractivity contribution in [2.24, 2.45) is 0 Å². The van der Waals surface area contributed by atoms with Gasteiger partial charge in [0.1, 0.15) is 6.04 Å². The largest absolute Gasteiger partial charge is 0.480 e. The van der Waals surface area contributed by atoms with Gasteiger partial charge in [0.25, 0.3) is 5.91 Å². The summed E-state index contributed by atoms with van der Waals surface area (Å²) >= 11 is 2.11. The highest BCUT2D eigenvalue weighted by molar-refractivity contribution is 14.1. The van der Waals surface area contributed by atoms with Crippen LogP contribution in [0.2, 0.25) is 0 Å². The fourth-order valence-corrected chi connectivity index (χ4v) is 2.79. The van der Waals surface area contributed by atoms with Gasteiger partial charge < -0.3 is 10.0 Å². The Morgan fingerprint density at radius 3 is 2.83 bits per heavy atom. The van der Waals surface area contributed by atoms with E-state index in [0.717, 1.165) is 15.6 Å². The molecule has 1 N–H and O–H groups in total. The predicted molar refractivity (Wildman–Crippen MR) is 75.6 cm³/mol. The number of hydrogen-bond donors (Lipinski definition) is 1. The van der Waals surface area contributed by atoms with E-state index >= 15 is 0 Å². The Morgan fingerprint density at radius 2 is 2.17 bits per heavy atom. The van der Waals surface area contributed by atoms with Crippen LogP contribution in [0.5, 0.6) is 0 Å². The van der Waals surface area contributed by atoms with Crippen LogP contribution >= 0.6 is 22.6 Å². The lowest BCUT2D eigenvalue weighted by molar-refractivity contribution is -0.141. The lowest BCUT2D eigenvalue weighted by atomic mass is 10.1. The van der Waals surface area contributed by atoms with Gasteiger partial charge in [-0.2, -0.15) is 0 Å². The van der Waals surface area contributed by atoms with Gasteiger partial charge in [-0.3, -0.25) is 4.79 Å². The Hall–Kier alpha value is -1.11. The lowest BCUT2D eigenvalue weighted by Gasteiger charge is -2.22. The average molecular weight is 359 g/mol. The number of benzene rings is 1. The number of carboxylic acid groups (broad SMARTS) is 1. The molecule has 1 aromatic rings. The molecule has 1 unspecified atom stereocenters. The zero-order chi connectivity index (χ0) is 13.3. The molecule has 1 saturated heterocycles. The number of carbonyl (C=O) groups excluding carboxylic acids is 1. The number of halogens is 1. The Labute approximate surface area is 119 Å². The molecule has 1 fully saturated rings. The van der Waals surface area contributed by atoms with Gasteiger partial charge in [-0.25, -0.2) is 4.79 Å². The normalized spacial score (nSPS) is 19.0. The van der Waals surface area contributed by atoms with Crippen molar-refractivity contribution in [1.29, 1.82) is 0 Å². The van der Waals surface area contributed by atoms with E-state index in [2.05, 4.69) is 22.6 Å². The molecule has 2 rings (SSSR count). The molecular weight excluding hydrogens is 345 g/mol. The summed E-state index contributed by atoms with van der Waals surface area (Å²) in [4.78, 5) is 25.0. The molecule has 96 valence electrons. The lowest BCUT2D eigenvalue weighted by Crippen LogP contribution is -2.40. The third-order valence-corrected chi connectivity index (χ3v) is 4.09. The van der Waals surface area contributed by atoms with E-state index in [-0.39, 0.29) is 5.91 Å². The number of likely N-dealkylation sites (tertiary alicyclic amines) is 1. The van der Waals surface area contributed by atoms with Gasteiger partial charge in [0.05, 0.1) is 5.56 Å². The van der Waals surface area contributed by atoms with E-state index in [9.17, 15) is 9.59 Å². The predicted octanol–water partition coefficient (Wildman–Crippen LogP) is 2.29. The van der Waals surface area contributed by atoms with Crippen LogP contribution in [0.1, 0.15) is 28.8 Å². The third kappa shape index (κ3) is 2.50. The first kappa shape index (κ1) is 13.3. The van der Waals surface area contributed by atoms with Crippen molar-refractivity contribution in [3.8, 4) is 0 Å². The SMILES string of the molecule is Cc1ccc(I)c(C(=O)N2CCCC2C(=O)O)c1. The number of hydrogen-bond acceptors (Lipinski definition) is 2. The van der Waals surface area contributed by atoms with E-state index < -0.39 is 12.0 Å². The van der Waals surface area contributed by atoms with Gasteiger partial charge in [-0.15, -0.1) is 0 Å². The maximum Gasteiger partial charge on any atom is 0.326 e. The zero-order valence-electron chi connectivity index (χ0n) is 10.0. The van der Waals surface area contributed by atoms with Crippen LogP contribution in [-0.2, 0) is 4.79 Å². The topological polar surface area (TPSA) is 57.6 Å². The summed E-state index contributed by atoms with van der Waals surface area (Å²) in [7, 11) is 0. The monoisotopic (exact) mass is 359 g/mol. The van der Waals surface area contributed by atoms with E-state index in [1.807, 2.05) is 25.1 Å². The van der Waals surface area contributed by atoms with E-state index in [4.69, 9.17) is 5.11 Å². The van der Waals surface area contributed by atoms with Gasteiger partial charge in [-0.05, 0) is 54.5 Å². The van der Waals surface area contributed by atoms with Crippen LogP contribution < -0.4 is 0 Å². The number of carbonyl (C=O) groups is 2. The van der Waals surface area contributed by atoms with Crippen molar-refractivity contribution in [1.82, 2.24) is 4.90 Å². The molecule has 0 radical (unpaired) electrons. The molecule has 0 aromatic heterocycles. The van der Waals surface area contributed by atoms with E-state index in [0.29, 0.717) is 18.5 Å². The van der Waals surface area contributed by atoms with Crippen molar-refractivity contribution in [2.45, 2.75) is 25.8 Å². The Bertz CT molecular complexity index is 501. The molecule has 0 aliphatic carbocycles. The van der Waals surface area contributed by atoms with Gasteiger partial charge in [0.15, 0.2) is 0 Å². The van der Waals surface area contributed by atoms with Crippen LogP contribution in [0.4, 0.5) is 0 Å². The molecule has 0 bridgehead atoms. The number of carboxylic acids is 1. The number of amides is 1. The number of aryl methyl sites for hydroxylation is 1. The second-order valence-corrected chi connectivity index (χ2v) is 5.64. The molecule has 4 nitrogen and oxygen atoms in total. The minimum Gasteiger partial charge on any atom is -0.480 e. The standard InChI is InChI=1S/C13H14INO3/c1-8-4-5-10(14)9(7-8)12(16)15-6-2-3-11(15)13(17)18/h4-5,7,11H,2-3,6H2,1H3,(H,17,18). The van der Waals surface area contributed by atoms with Gasteiger partial charge in [-0.1, -0.05) is 11.6 Å². The fourth-order valence-electron chi connectivity index (χ4n) is 2.22. The molecule has 18 heavy (non-hydrogen) atoms. The van der Waals surface area contributed by atoms with Crippen molar-refractivity contribution in [3.05, 3.63) is 32.9 Å². The highest BCUT2D eigenvalue weighted by Gasteiger charge is 2.34. The average Bonchev–Trinajstić information content (AvgIpc) is 2.80. The second-order valence-electron chi connectivity index (χ2n) is 4.48. The van der Waals surface area contributed by atoms with Gasteiger partial charge in [0.2, 0.25) is 0 Å². The van der Waals surface area contributed by atoms with Crippen LogP contribution in [0.25, 0.3) is 0 Å². The number of rotatable bonds is 2. The molecule has 5 heteroatoms. The summed E-state index contributed by atoms with van der Waals surface area (Å²) in [6.07, 6.45) is 1.30. The van der Waals surface area contributed by atoms with Crippen molar-refractivity contribution >= 4 is 34.5 Å². The minimum atomic E-state index is -0.913. The van der Waals surface area contributed by atoms with Crippen LogP contribution in [0.15, 0.2) is 18.2 Å². The maximum absolute atomic E-state index is 12.4. The van der Waals surface area contributed by atoms with E-state index in [1.54, 1.807) is 0 Å². The van der Waals surface area contributed by atoms with Crippen LogP contribution in [0.3, 0.4) is 0 Å². The first-order chi connectivity index (χ1) is 8.50. The minimum absolute atomic E-state index is 0.173. The molecule has 1 aromatic carbocycles. The summed E-state index contributed by atoms with van der Waals surface area (Å²) < 4.78 is 0.860. The summed E-state index contributed by atoms with van der Waals surface area (Å²) in [6.45, 7) is 2.45. The highest BCUT2D eigenvalue weighted by atomic mass is 127. The Balaban J connectivity index is 2.31. The first-order valence-corrected chi connectivity index (χ1v) is 6.88. The van der Waals surface area contributed by atoms with Gasteiger partial charge in [0, 0.05) is 10.1 Å². The first-order valence-electron chi connectivity index (χ1n) is 5.80. The molecule has 1 atom stereocenters. The second kappa shape index (κ2) is 5.26. The van der Waals surface area contributed by atoms with E-state index in [1.165, 1.54) is 4.90 Å². The van der Waals surface area contributed by atoms with Crippen LogP contribution in [-0.4, -0.2) is 34.5 Å². The summed E-state index contributed by atoms with van der Waals surface area (Å²) in [5, 5.41) is 9.11. The molecular formula is C13H14INO3. The van der Waals surface area contributed by atoms with Gasteiger partial charge >= 0.3 is 5.97 Å². The Kier molecular flexibility index (Phi) is 3.89. The summed E-state index contributed by atoms with van der Waals surface area (Å²) in [6, 6.07) is 4.97. The molecule has 0 saturated carbocycles. The summed E-state index contributed by atoms with van der Waals surface area (Å²) in [5.74, 6) is -1.09. The number of nitrogens with zero attached hydrogens (tertiary/aromatic N) is 1. The molecule has 1 amide bonds. The van der Waals surface area contributed by atoms with Crippen LogP contribution in [0, 0.1) is 10.5 Å². The van der Waals surface area contributed by atoms with Crippen molar-refractivity contribution in [3.63, 3.8) is 0 Å². The highest BCUT2D eigenvalue weighted by Crippen LogP contribution is 2.23. The van der Waals surface area contributed by atoms with Crippen molar-refractivity contribution < 1.29 is 14.7 Å². The smallest absolute Gasteiger partial charge is 0.326 e. The molecule has 1 aliphatic heterocycles. The molecule has 1 heterocycles.